The number of hydrogen-bond acceptors (Lipinski definition) is 5. The molecule has 1 aliphatic heterocycles. The summed E-state index contributed by atoms with van der Waals surface area (Å²) in [6, 6.07) is 19.9. The number of ketones is 1. The molecule has 4 fully saturated rings. The normalized spacial score (nSPS) is 28.3. The van der Waals surface area contributed by atoms with Crippen LogP contribution in [0, 0.1) is 28.6 Å². The second kappa shape index (κ2) is 18.3. The van der Waals surface area contributed by atoms with Crippen molar-refractivity contribution in [3.05, 3.63) is 84.5 Å². The Balaban J connectivity index is 0.000000285. The van der Waals surface area contributed by atoms with Gasteiger partial charge in [0.1, 0.15) is 18.5 Å². The Morgan fingerprint density at radius 2 is 1.30 bits per heavy atom. The number of rotatable bonds is 11. The molecule has 6 rings (SSSR count). The molecule has 0 radical (unpaired) electrons. The predicted octanol–water partition coefficient (Wildman–Crippen LogP) is 13.7. The number of hydrogen-bond donors (Lipinski definition) is 0. The summed E-state index contributed by atoms with van der Waals surface area (Å²) in [5.41, 5.74) is 1.55. The molecule has 2 aromatic carbocycles. The van der Waals surface area contributed by atoms with Gasteiger partial charge in [-0.2, -0.15) is 0 Å². The molecule has 0 aromatic heterocycles. The molecule has 1 heterocycles. The molecule has 334 valence electrons. The largest absolute Gasteiger partial charge is 0.410 e. The van der Waals surface area contributed by atoms with E-state index in [9.17, 15) is 9.36 Å². The Kier molecular flexibility index (Phi) is 15.0. The molecular formula is C52H83O5PSi2. The summed E-state index contributed by atoms with van der Waals surface area (Å²) >= 11 is 0. The van der Waals surface area contributed by atoms with Gasteiger partial charge in [-0.3, -0.25) is 4.79 Å². The average Bonchev–Trinajstić information content (AvgIpc) is 3.86. The number of allylic oxidation sites excluding steroid dienone is 3. The van der Waals surface area contributed by atoms with Crippen molar-refractivity contribution in [3.63, 3.8) is 0 Å². The van der Waals surface area contributed by atoms with Gasteiger partial charge in [0.05, 0.1) is 18.8 Å². The quantitative estimate of drug-likeness (QED) is 0.0974. The first kappa shape index (κ1) is 49.2. The number of carbonyl (C=O) groups is 1. The van der Waals surface area contributed by atoms with E-state index < -0.39 is 23.8 Å². The van der Waals surface area contributed by atoms with Gasteiger partial charge in [0.15, 0.2) is 16.6 Å². The van der Waals surface area contributed by atoms with Gasteiger partial charge in [0, 0.05) is 29.1 Å². The lowest BCUT2D eigenvalue weighted by atomic mass is 9.62. The maximum atomic E-state index is 14.8. The first-order valence-corrected chi connectivity index (χ1v) is 30.9. The number of carbonyl (C=O) groups excluding carboxylic acids is 1. The number of Topliss-reactive ketones (excluding diaryl/α,β-unsaturated/α-hetero) is 1. The van der Waals surface area contributed by atoms with E-state index in [-0.39, 0.29) is 33.3 Å². The Bertz CT molecular complexity index is 1780. The van der Waals surface area contributed by atoms with E-state index >= 15 is 0 Å². The van der Waals surface area contributed by atoms with E-state index in [0.29, 0.717) is 41.7 Å². The molecule has 6 atom stereocenters. The molecule has 60 heavy (non-hydrogen) atoms. The van der Waals surface area contributed by atoms with Crippen molar-refractivity contribution in [2.45, 2.75) is 182 Å². The molecule has 0 amide bonds. The molecule has 3 saturated carbocycles. The van der Waals surface area contributed by atoms with Crippen LogP contribution in [0.2, 0.25) is 36.3 Å². The summed E-state index contributed by atoms with van der Waals surface area (Å²) in [5, 5.41) is 1.99. The van der Waals surface area contributed by atoms with Crippen LogP contribution in [0.3, 0.4) is 0 Å². The Labute approximate surface area is 368 Å². The first-order valence-electron chi connectivity index (χ1n) is 23.2. The highest BCUT2D eigenvalue weighted by atomic mass is 31.2. The molecule has 5 nitrogen and oxygen atoms in total. The van der Waals surface area contributed by atoms with Gasteiger partial charge in [-0.25, -0.2) is 0 Å². The Hall–Kier alpha value is -1.87. The van der Waals surface area contributed by atoms with Gasteiger partial charge in [0.25, 0.3) is 0 Å². The number of ether oxygens (including phenoxy) is 1. The van der Waals surface area contributed by atoms with Crippen molar-refractivity contribution in [3.8, 4) is 0 Å². The molecule has 1 spiro atoms. The summed E-state index contributed by atoms with van der Waals surface area (Å²) in [7, 11) is -6.99. The first-order chi connectivity index (χ1) is 27.7. The van der Waals surface area contributed by atoms with E-state index in [1.165, 1.54) is 18.4 Å². The summed E-state index contributed by atoms with van der Waals surface area (Å²) < 4.78 is 35.3. The fourth-order valence-corrected chi connectivity index (χ4v) is 14.9. The Morgan fingerprint density at radius 3 is 1.73 bits per heavy atom. The summed E-state index contributed by atoms with van der Waals surface area (Å²) in [6.45, 7) is 35.3. The molecule has 1 saturated heterocycles. The van der Waals surface area contributed by atoms with E-state index in [4.69, 9.17) is 13.6 Å². The van der Waals surface area contributed by atoms with Crippen molar-refractivity contribution in [1.82, 2.24) is 0 Å². The zero-order chi connectivity index (χ0) is 44.6. The van der Waals surface area contributed by atoms with Gasteiger partial charge >= 0.3 is 0 Å². The summed E-state index contributed by atoms with van der Waals surface area (Å²) in [5.74, 6) is 2.22. The van der Waals surface area contributed by atoms with Crippen molar-refractivity contribution in [2.24, 2.45) is 28.6 Å². The fraction of sp³-hybridized carbons (Fsp3) is 0.673. The van der Waals surface area contributed by atoms with Crippen LogP contribution >= 0.6 is 7.14 Å². The van der Waals surface area contributed by atoms with E-state index in [2.05, 4.69) is 121 Å². The van der Waals surface area contributed by atoms with Crippen LogP contribution in [0.1, 0.15) is 128 Å². The molecule has 2 aromatic rings. The summed E-state index contributed by atoms with van der Waals surface area (Å²) in [4.78, 5) is 12.2. The van der Waals surface area contributed by atoms with E-state index in [1.54, 1.807) is 0 Å². The zero-order valence-electron chi connectivity index (χ0n) is 40.5. The van der Waals surface area contributed by atoms with Crippen molar-refractivity contribution >= 4 is 40.2 Å². The third-order valence-electron chi connectivity index (χ3n) is 15.7. The van der Waals surface area contributed by atoms with Crippen LogP contribution < -0.4 is 10.6 Å². The van der Waals surface area contributed by atoms with Gasteiger partial charge in [0.2, 0.25) is 0 Å². The zero-order valence-corrected chi connectivity index (χ0v) is 43.3. The smallest absolute Gasteiger partial charge is 0.192 e. The minimum Gasteiger partial charge on any atom is -0.410 e. The molecule has 8 heteroatoms. The lowest BCUT2D eigenvalue weighted by Crippen LogP contribution is -2.57. The van der Waals surface area contributed by atoms with Gasteiger partial charge in [-0.05, 0) is 104 Å². The average molecular weight is 875 g/mol. The maximum absolute atomic E-state index is 14.8. The third-order valence-corrected chi connectivity index (χ3v) is 27.6. The lowest BCUT2D eigenvalue weighted by Gasteiger charge is -2.48. The fourth-order valence-electron chi connectivity index (χ4n) is 9.64. The maximum Gasteiger partial charge on any atom is 0.192 e. The minimum atomic E-state index is -2.85. The molecule has 3 aliphatic carbocycles. The summed E-state index contributed by atoms with van der Waals surface area (Å²) in [6.07, 6.45) is 15.7. The minimum absolute atomic E-state index is 0.0593. The van der Waals surface area contributed by atoms with Gasteiger partial charge < -0.3 is 18.2 Å². The van der Waals surface area contributed by atoms with Crippen LogP contribution in [-0.4, -0.2) is 53.0 Å². The second-order valence-corrected chi connectivity index (χ2v) is 35.8. The molecule has 4 aliphatic rings. The molecule has 0 bridgehead atoms. The van der Waals surface area contributed by atoms with Gasteiger partial charge in [-0.1, -0.05) is 161 Å². The van der Waals surface area contributed by atoms with Crippen LogP contribution in [0.5, 0.6) is 0 Å². The lowest BCUT2D eigenvalue weighted by molar-refractivity contribution is -0.129. The predicted molar refractivity (Wildman–Crippen MR) is 260 cm³/mol. The monoisotopic (exact) mass is 875 g/mol. The number of benzene rings is 2. The van der Waals surface area contributed by atoms with Crippen LogP contribution in [0.15, 0.2) is 84.5 Å². The number of epoxide rings is 1. The highest BCUT2D eigenvalue weighted by molar-refractivity contribution is 7.78. The molecule has 0 N–H and O–H groups in total. The topological polar surface area (TPSA) is 65.1 Å². The van der Waals surface area contributed by atoms with E-state index in [1.807, 2.05) is 60.7 Å². The molecular weight excluding hydrogens is 792 g/mol. The third kappa shape index (κ3) is 11.1. The SMILES string of the molecule is CC(C)(C)[Si](C)(C)O[C@@H]1CC(=CCP(=O)(c2ccccc2)c2ccccc2)C[C@@H](O[Si](C)(C)C(C)(C)C)C12CO2.C[C@H](/C=C/CC(C)(C)C)C1CCC2C(=O)CCCC21C. The second-order valence-electron chi connectivity index (χ2n) is 23.5. The van der Waals surface area contributed by atoms with Crippen molar-refractivity contribution in [2.75, 3.05) is 12.8 Å². The van der Waals surface area contributed by atoms with Gasteiger partial charge in [-0.15, -0.1) is 0 Å². The van der Waals surface area contributed by atoms with E-state index in [0.717, 1.165) is 49.1 Å². The Morgan fingerprint density at radius 1 is 0.817 bits per heavy atom. The van der Waals surface area contributed by atoms with Crippen LogP contribution in [0.4, 0.5) is 0 Å². The standard InChI is InChI=1S/C33H51O4PSi2.C19H32O/c1-31(2,3)39(7,8)36-29-23-26(24-30(33(29)25-35-33)37-40(9,10)32(4,5)6)21-22-38(34,27-17-13-11-14-18-27)28-19-15-12-16-20-28;1-14(8-6-12-18(2,3)4)15-10-11-16-17(20)9-7-13-19(15,16)5/h11-21,29-30H,22-25H2,1-10H3;6,8,14-16H,7,9-13H2,1-5H3/b;8-6+/t29-,30-,33?;14-,15?,16?,19?/m11/s1. The van der Waals surface area contributed by atoms with Crippen LogP contribution in [-0.2, 0) is 22.9 Å². The van der Waals surface area contributed by atoms with Crippen molar-refractivity contribution < 1.29 is 22.9 Å². The number of fused-ring (bicyclic) bond motifs is 1. The van der Waals surface area contributed by atoms with Crippen LogP contribution in [0.25, 0.3) is 0 Å². The van der Waals surface area contributed by atoms with Crippen molar-refractivity contribution in [1.29, 1.82) is 0 Å². The molecule has 3 unspecified atom stereocenters. The highest BCUT2D eigenvalue weighted by Gasteiger charge is 2.64. The highest BCUT2D eigenvalue weighted by Crippen LogP contribution is 2.57.